The van der Waals surface area contributed by atoms with Crippen molar-refractivity contribution >= 4 is 5.69 Å². The van der Waals surface area contributed by atoms with Crippen molar-refractivity contribution in [3.63, 3.8) is 0 Å². The van der Waals surface area contributed by atoms with Crippen LogP contribution in [-0.4, -0.2) is 20.1 Å². The van der Waals surface area contributed by atoms with E-state index in [-0.39, 0.29) is 0 Å². The predicted octanol–water partition coefficient (Wildman–Crippen LogP) is 2.20. The van der Waals surface area contributed by atoms with Gasteiger partial charge in [0.2, 0.25) is 17.5 Å². The summed E-state index contributed by atoms with van der Waals surface area (Å²) in [6.45, 7) is 1.93. The normalized spacial score (nSPS) is 10.7. The molecule has 0 aliphatic rings. The summed E-state index contributed by atoms with van der Waals surface area (Å²) in [7, 11) is 0. The van der Waals surface area contributed by atoms with Gasteiger partial charge in [-0.1, -0.05) is 23.4 Å². The van der Waals surface area contributed by atoms with Gasteiger partial charge in [-0.05, 0) is 30.5 Å². The number of aromatic nitrogens is 4. The summed E-state index contributed by atoms with van der Waals surface area (Å²) in [4.78, 5) is 12.7. The molecule has 0 atom stereocenters. The van der Waals surface area contributed by atoms with Crippen molar-refractivity contribution in [1.82, 2.24) is 20.1 Å². The van der Waals surface area contributed by atoms with Gasteiger partial charge in [0.1, 0.15) is 0 Å². The van der Waals surface area contributed by atoms with Gasteiger partial charge in [0.05, 0.1) is 0 Å². The van der Waals surface area contributed by atoms with E-state index in [0.29, 0.717) is 24.0 Å². The third-order valence-electron chi connectivity index (χ3n) is 3.11. The van der Waals surface area contributed by atoms with Crippen LogP contribution >= 0.6 is 0 Å². The predicted molar refractivity (Wildman–Crippen MR) is 78.3 cm³/mol. The minimum atomic E-state index is 0.408. The quantitative estimate of drug-likeness (QED) is 0.737. The van der Waals surface area contributed by atoms with Crippen LogP contribution in [-0.2, 0) is 12.8 Å². The summed E-state index contributed by atoms with van der Waals surface area (Å²) in [5.41, 5.74) is 8.75. The first-order chi connectivity index (χ1) is 10.2. The monoisotopic (exact) mass is 281 g/mol. The number of para-hydroxylation sites is 1. The molecule has 21 heavy (non-hydrogen) atoms. The fraction of sp³-hybridized carbons (Fsp3) is 0.200. The molecule has 0 bridgehead atoms. The number of nitrogens with zero attached hydrogens (tertiary/aromatic N) is 4. The van der Waals surface area contributed by atoms with E-state index >= 15 is 0 Å². The molecule has 3 aromatic rings. The number of rotatable bonds is 4. The molecule has 6 heteroatoms. The Morgan fingerprint density at radius 3 is 2.57 bits per heavy atom. The van der Waals surface area contributed by atoms with Crippen molar-refractivity contribution in [3.8, 4) is 11.6 Å². The molecule has 1 aromatic carbocycles. The lowest BCUT2D eigenvalue weighted by molar-refractivity contribution is 0.378. The lowest BCUT2D eigenvalue weighted by atomic mass is 10.1. The molecule has 0 radical (unpaired) electrons. The lowest BCUT2D eigenvalue weighted by Gasteiger charge is -2.02. The van der Waals surface area contributed by atoms with E-state index < -0.39 is 0 Å². The van der Waals surface area contributed by atoms with Gasteiger partial charge in [-0.15, -0.1) is 0 Å². The van der Waals surface area contributed by atoms with Crippen molar-refractivity contribution in [2.75, 3.05) is 5.73 Å². The molecule has 0 fully saturated rings. The highest BCUT2D eigenvalue weighted by Gasteiger charge is 2.11. The zero-order chi connectivity index (χ0) is 14.7. The van der Waals surface area contributed by atoms with Crippen LogP contribution in [0.5, 0.6) is 0 Å². The Morgan fingerprint density at radius 1 is 1.05 bits per heavy atom. The van der Waals surface area contributed by atoms with Crippen LogP contribution in [0.3, 0.4) is 0 Å². The number of benzene rings is 1. The van der Waals surface area contributed by atoms with Gasteiger partial charge in [0, 0.05) is 24.5 Å². The Labute approximate surface area is 122 Å². The first-order valence-corrected chi connectivity index (χ1v) is 6.67. The van der Waals surface area contributed by atoms with Gasteiger partial charge < -0.3 is 10.3 Å². The molecule has 0 unspecified atom stereocenters. The first kappa shape index (κ1) is 13.2. The average Bonchev–Trinajstić information content (AvgIpc) is 2.96. The number of aryl methyl sites for hydroxylation is 3. The summed E-state index contributed by atoms with van der Waals surface area (Å²) in [5, 5.41) is 3.91. The molecular formula is C15H15N5O. The molecule has 0 aliphatic heterocycles. The van der Waals surface area contributed by atoms with Gasteiger partial charge >= 0.3 is 0 Å². The third-order valence-corrected chi connectivity index (χ3v) is 3.11. The molecule has 2 heterocycles. The first-order valence-electron chi connectivity index (χ1n) is 6.67. The number of nitrogens with two attached hydrogens (primary N) is 1. The Kier molecular flexibility index (Phi) is 3.59. The van der Waals surface area contributed by atoms with E-state index in [9.17, 15) is 0 Å². The summed E-state index contributed by atoms with van der Waals surface area (Å²) >= 11 is 0. The van der Waals surface area contributed by atoms with Gasteiger partial charge in [-0.2, -0.15) is 4.98 Å². The van der Waals surface area contributed by atoms with Crippen molar-refractivity contribution in [1.29, 1.82) is 0 Å². The van der Waals surface area contributed by atoms with Gasteiger partial charge in [0.25, 0.3) is 0 Å². The smallest absolute Gasteiger partial charge is 0.240 e. The van der Waals surface area contributed by atoms with Crippen LogP contribution in [0.1, 0.15) is 17.0 Å². The Bertz CT molecular complexity index is 736. The zero-order valence-corrected chi connectivity index (χ0v) is 11.7. The SMILES string of the molecule is Cc1cnc(-c2noc(CCc3ccccc3N)n2)nc1. The highest BCUT2D eigenvalue weighted by atomic mass is 16.5. The summed E-state index contributed by atoms with van der Waals surface area (Å²) in [6, 6.07) is 7.76. The van der Waals surface area contributed by atoms with Gasteiger partial charge in [-0.3, -0.25) is 0 Å². The molecule has 106 valence electrons. The number of hydrogen-bond acceptors (Lipinski definition) is 6. The van der Waals surface area contributed by atoms with Crippen molar-refractivity contribution in [3.05, 3.63) is 53.7 Å². The second-order valence-electron chi connectivity index (χ2n) is 4.79. The average molecular weight is 281 g/mol. The highest BCUT2D eigenvalue weighted by molar-refractivity contribution is 5.46. The molecule has 2 aromatic heterocycles. The largest absolute Gasteiger partial charge is 0.399 e. The minimum absolute atomic E-state index is 0.408. The Morgan fingerprint density at radius 2 is 1.81 bits per heavy atom. The number of anilines is 1. The molecule has 6 nitrogen and oxygen atoms in total. The maximum Gasteiger partial charge on any atom is 0.240 e. The van der Waals surface area contributed by atoms with Crippen LogP contribution in [0.2, 0.25) is 0 Å². The highest BCUT2D eigenvalue weighted by Crippen LogP contribution is 2.15. The zero-order valence-electron chi connectivity index (χ0n) is 11.7. The molecule has 0 saturated carbocycles. The van der Waals surface area contributed by atoms with E-state index in [1.165, 1.54) is 0 Å². The lowest BCUT2D eigenvalue weighted by Crippen LogP contribution is -1.97. The second-order valence-corrected chi connectivity index (χ2v) is 4.79. The maximum atomic E-state index is 5.91. The van der Waals surface area contributed by atoms with Crippen LogP contribution in [0.25, 0.3) is 11.6 Å². The third kappa shape index (κ3) is 3.05. The van der Waals surface area contributed by atoms with E-state index in [4.69, 9.17) is 10.3 Å². The summed E-state index contributed by atoms with van der Waals surface area (Å²) < 4.78 is 5.23. The van der Waals surface area contributed by atoms with E-state index in [2.05, 4.69) is 20.1 Å². The minimum Gasteiger partial charge on any atom is -0.399 e. The van der Waals surface area contributed by atoms with E-state index in [1.54, 1.807) is 12.4 Å². The molecular weight excluding hydrogens is 266 g/mol. The number of hydrogen-bond donors (Lipinski definition) is 1. The van der Waals surface area contributed by atoms with Gasteiger partial charge in [0.15, 0.2) is 0 Å². The van der Waals surface area contributed by atoms with Crippen LogP contribution in [0.4, 0.5) is 5.69 Å². The fourth-order valence-electron chi connectivity index (χ4n) is 1.96. The molecule has 0 saturated heterocycles. The van der Waals surface area contributed by atoms with Crippen molar-refractivity contribution in [2.45, 2.75) is 19.8 Å². The van der Waals surface area contributed by atoms with E-state index in [1.807, 2.05) is 31.2 Å². The summed E-state index contributed by atoms with van der Waals surface area (Å²) in [5.74, 6) is 1.43. The van der Waals surface area contributed by atoms with E-state index in [0.717, 1.165) is 23.2 Å². The fourth-order valence-corrected chi connectivity index (χ4v) is 1.96. The Balaban J connectivity index is 1.71. The topological polar surface area (TPSA) is 90.7 Å². The maximum absolute atomic E-state index is 5.91. The molecule has 0 aliphatic carbocycles. The number of nitrogen functional groups attached to an aromatic ring is 1. The molecule has 2 N–H and O–H groups in total. The molecule has 0 amide bonds. The van der Waals surface area contributed by atoms with Crippen LogP contribution < -0.4 is 5.73 Å². The standard InChI is InChI=1S/C15H15N5O/c1-10-8-17-14(18-9-10)15-19-13(21-20-15)7-6-11-4-2-3-5-12(11)16/h2-5,8-9H,6-7,16H2,1H3. The summed E-state index contributed by atoms with van der Waals surface area (Å²) in [6.07, 6.45) is 4.84. The van der Waals surface area contributed by atoms with Crippen LogP contribution in [0, 0.1) is 6.92 Å². The van der Waals surface area contributed by atoms with Gasteiger partial charge in [-0.25, -0.2) is 9.97 Å². The van der Waals surface area contributed by atoms with Crippen molar-refractivity contribution in [2.24, 2.45) is 0 Å². The second kappa shape index (κ2) is 5.70. The molecule has 3 rings (SSSR count). The Hall–Kier alpha value is -2.76. The molecule has 0 spiro atoms. The van der Waals surface area contributed by atoms with Crippen LogP contribution in [0.15, 0.2) is 41.2 Å². The van der Waals surface area contributed by atoms with Crippen molar-refractivity contribution < 1.29 is 4.52 Å².